The van der Waals surface area contributed by atoms with Crippen LogP contribution in [0.4, 0.5) is 0 Å². The summed E-state index contributed by atoms with van der Waals surface area (Å²) in [6, 6.07) is 7.57. The molecule has 2 aromatic rings. The number of ether oxygens (including phenoxy) is 1. The Bertz CT molecular complexity index is 513. The molecule has 1 atom stereocenters. The molecule has 1 heterocycles. The minimum absolute atomic E-state index is 0.221. The highest BCUT2D eigenvalue weighted by Crippen LogP contribution is 2.30. The van der Waals surface area contributed by atoms with Crippen molar-refractivity contribution in [2.45, 2.75) is 25.6 Å². The van der Waals surface area contributed by atoms with Crippen molar-refractivity contribution in [1.29, 1.82) is 0 Å². The maximum absolute atomic E-state index is 6.08. The van der Waals surface area contributed by atoms with Crippen molar-refractivity contribution in [3.63, 3.8) is 0 Å². The number of aromatic nitrogens is 2. The topological polar surface area (TPSA) is 48.2 Å². The molecule has 1 aromatic carbocycles. The maximum atomic E-state index is 6.08. The van der Waals surface area contributed by atoms with E-state index in [1.165, 1.54) is 0 Å². The van der Waals surface area contributed by atoms with Crippen LogP contribution in [0.5, 0.6) is 5.75 Å². The minimum atomic E-state index is -0.221. The lowest BCUT2D eigenvalue weighted by Gasteiger charge is -2.05. The van der Waals surface area contributed by atoms with Crippen molar-refractivity contribution >= 4 is 11.6 Å². The summed E-state index contributed by atoms with van der Waals surface area (Å²) in [6.45, 7) is 4.49. The smallest absolute Gasteiger partial charge is 0.261 e. The predicted octanol–water partition coefficient (Wildman–Crippen LogP) is 3.83. The molecule has 0 spiro atoms. The zero-order valence-corrected chi connectivity index (χ0v) is 11.1. The van der Waals surface area contributed by atoms with E-state index in [0.717, 1.165) is 17.7 Å². The van der Waals surface area contributed by atoms with E-state index < -0.39 is 0 Å². The Hall–Kier alpha value is -1.55. The summed E-state index contributed by atoms with van der Waals surface area (Å²) in [6.07, 6.45) is 0.758. The lowest BCUT2D eigenvalue weighted by Crippen LogP contribution is -1.94. The van der Waals surface area contributed by atoms with Crippen LogP contribution in [-0.2, 0) is 0 Å². The fourth-order valence-electron chi connectivity index (χ4n) is 1.58. The zero-order valence-electron chi connectivity index (χ0n) is 10.4. The minimum Gasteiger partial charge on any atom is -0.493 e. The first-order valence-electron chi connectivity index (χ1n) is 5.96. The Morgan fingerprint density at radius 1 is 1.33 bits per heavy atom. The van der Waals surface area contributed by atoms with Crippen molar-refractivity contribution in [1.82, 2.24) is 10.1 Å². The van der Waals surface area contributed by atoms with Gasteiger partial charge in [-0.3, -0.25) is 0 Å². The largest absolute Gasteiger partial charge is 0.493 e. The zero-order chi connectivity index (χ0) is 13.0. The van der Waals surface area contributed by atoms with Gasteiger partial charge in [-0.2, -0.15) is 4.98 Å². The van der Waals surface area contributed by atoms with Gasteiger partial charge in [-0.05, 0) is 25.5 Å². The second-order valence-corrected chi connectivity index (χ2v) is 4.29. The van der Waals surface area contributed by atoms with E-state index in [1.807, 2.05) is 38.1 Å². The van der Waals surface area contributed by atoms with Crippen LogP contribution in [0.15, 0.2) is 28.8 Å². The van der Waals surface area contributed by atoms with Gasteiger partial charge in [-0.1, -0.05) is 24.2 Å². The van der Waals surface area contributed by atoms with Gasteiger partial charge in [-0.15, -0.1) is 11.6 Å². The summed E-state index contributed by atoms with van der Waals surface area (Å²) in [5.74, 6) is 1.69. The highest BCUT2D eigenvalue weighted by Gasteiger charge is 2.17. The number of rotatable bonds is 5. The number of para-hydroxylation sites is 1. The van der Waals surface area contributed by atoms with Gasteiger partial charge in [0.15, 0.2) is 5.82 Å². The molecule has 0 saturated heterocycles. The predicted molar refractivity (Wildman–Crippen MR) is 69.8 cm³/mol. The standard InChI is InChI=1S/C13H15ClN2O2/c1-3-10(14)12-15-13(18-16-12)9-7-5-6-8-11(9)17-4-2/h5-8,10H,3-4H2,1-2H3. The van der Waals surface area contributed by atoms with E-state index in [-0.39, 0.29) is 5.38 Å². The molecule has 4 nitrogen and oxygen atoms in total. The molecule has 0 radical (unpaired) electrons. The lowest BCUT2D eigenvalue weighted by molar-refractivity contribution is 0.339. The Morgan fingerprint density at radius 3 is 2.83 bits per heavy atom. The third-order valence-corrected chi connectivity index (χ3v) is 3.00. The van der Waals surface area contributed by atoms with Gasteiger partial charge < -0.3 is 9.26 Å². The summed E-state index contributed by atoms with van der Waals surface area (Å²) < 4.78 is 10.8. The van der Waals surface area contributed by atoms with E-state index in [4.69, 9.17) is 20.9 Å². The molecule has 2 rings (SSSR count). The van der Waals surface area contributed by atoms with Crippen molar-refractivity contribution in [3.8, 4) is 17.2 Å². The van der Waals surface area contributed by atoms with E-state index in [9.17, 15) is 0 Å². The number of nitrogens with zero attached hydrogens (tertiary/aromatic N) is 2. The average Bonchev–Trinajstić information content (AvgIpc) is 2.88. The van der Waals surface area contributed by atoms with Crippen molar-refractivity contribution in [2.75, 3.05) is 6.61 Å². The molecule has 1 unspecified atom stereocenters. The van der Waals surface area contributed by atoms with Crippen LogP contribution >= 0.6 is 11.6 Å². The molecule has 0 bridgehead atoms. The van der Waals surface area contributed by atoms with E-state index >= 15 is 0 Å². The number of hydrogen-bond acceptors (Lipinski definition) is 4. The summed E-state index contributed by atoms with van der Waals surface area (Å²) >= 11 is 6.08. The Balaban J connectivity index is 2.33. The normalized spacial score (nSPS) is 12.4. The summed E-state index contributed by atoms with van der Waals surface area (Å²) in [5.41, 5.74) is 0.790. The van der Waals surface area contributed by atoms with Crippen LogP contribution < -0.4 is 4.74 Å². The van der Waals surface area contributed by atoms with Crippen molar-refractivity contribution in [3.05, 3.63) is 30.1 Å². The number of halogens is 1. The van der Waals surface area contributed by atoms with Crippen LogP contribution in [-0.4, -0.2) is 16.7 Å². The van der Waals surface area contributed by atoms with Crippen LogP contribution in [0.25, 0.3) is 11.5 Å². The molecule has 18 heavy (non-hydrogen) atoms. The van der Waals surface area contributed by atoms with Gasteiger partial charge in [0.25, 0.3) is 5.89 Å². The fraction of sp³-hybridized carbons (Fsp3) is 0.385. The van der Waals surface area contributed by atoms with E-state index in [0.29, 0.717) is 18.3 Å². The first-order chi connectivity index (χ1) is 8.76. The maximum Gasteiger partial charge on any atom is 0.261 e. The van der Waals surface area contributed by atoms with Gasteiger partial charge in [0, 0.05) is 0 Å². The monoisotopic (exact) mass is 266 g/mol. The quantitative estimate of drug-likeness (QED) is 0.772. The second-order valence-electron chi connectivity index (χ2n) is 3.76. The van der Waals surface area contributed by atoms with Crippen LogP contribution in [0.1, 0.15) is 31.5 Å². The Labute approximate surface area is 111 Å². The molecule has 0 aliphatic rings. The SMILES string of the molecule is CCOc1ccccc1-c1nc(C(Cl)CC)no1. The van der Waals surface area contributed by atoms with Gasteiger partial charge >= 0.3 is 0 Å². The molecular weight excluding hydrogens is 252 g/mol. The highest BCUT2D eigenvalue weighted by atomic mass is 35.5. The van der Waals surface area contributed by atoms with Gasteiger partial charge in [0.2, 0.25) is 0 Å². The molecule has 0 aliphatic carbocycles. The molecule has 5 heteroatoms. The van der Waals surface area contributed by atoms with Gasteiger partial charge in [-0.25, -0.2) is 0 Å². The number of benzene rings is 1. The first kappa shape index (κ1) is 12.9. The summed E-state index contributed by atoms with van der Waals surface area (Å²) in [7, 11) is 0. The summed E-state index contributed by atoms with van der Waals surface area (Å²) in [5, 5.41) is 3.67. The Morgan fingerprint density at radius 2 is 2.11 bits per heavy atom. The van der Waals surface area contributed by atoms with E-state index in [2.05, 4.69) is 10.1 Å². The number of hydrogen-bond donors (Lipinski definition) is 0. The summed E-state index contributed by atoms with van der Waals surface area (Å²) in [4.78, 5) is 4.30. The van der Waals surface area contributed by atoms with Crippen LogP contribution in [0.2, 0.25) is 0 Å². The molecule has 0 N–H and O–H groups in total. The van der Waals surface area contributed by atoms with E-state index in [1.54, 1.807) is 0 Å². The molecule has 96 valence electrons. The fourth-order valence-corrected chi connectivity index (χ4v) is 1.67. The molecule has 0 fully saturated rings. The van der Waals surface area contributed by atoms with Gasteiger partial charge in [0.1, 0.15) is 5.75 Å². The molecule has 0 amide bonds. The third-order valence-electron chi connectivity index (χ3n) is 2.50. The third kappa shape index (κ3) is 2.64. The van der Waals surface area contributed by atoms with Crippen LogP contribution in [0, 0.1) is 0 Å². The van der Waals surface area contributed by atoms with Crippen molar-refractivity contribution < 1.29 is 9.26 Å². The number of alkyl halides is 1. The van der Waals surface area contributed by atoms with Crippen LogP contribution in [0.3, 0.4) is 0 Å². The Kier molecular flexibility index (Phi) is 4.20. The van der Waals surface area contributed by atoms with Gasteiger partial charge in [0.05, 0.1) is 17.5 Å². The highest BCUT2D eigenvalue weighted by molar-refractivity contribution is 6.20. The lowest BCUT2D eigenvalue weighted by atomic mass is 10.2. The average molecular weight is 267 g/mol. The molecule has 0 aliphatic heterocycles. The molecule has 1 aromatic heterocycles. The molecule has 0 saturated carbocycles. The second kappa shape index (κ2) is 5.87. The van der Waals surface area contributed by atoms with Crippen molar-refractivity contribution in [2.24, 2.45) is 0 Å². The first-order valence-corrected chi connectivity index (χ1v) is 6.39. The molecular formula is C13H15ClN2O2.